The number of ether oxygens (including phenoxy) is 2. The van der Waals surface area contributed by atoms with Gasteiger partial charge in [0.1, 0.15) is 12.4 Å². The van der Waals surface area contributed by atoms with Gasteiger partial charge in [-0.25, -0.2) is 4.98 Å². The second kappa shape index (κ2) is 6.33. The molecule has 1 aromatic rings. The van der Waals surface area contributed by atoms with E-state index in [1.165, 1.54) is 7.11 Å². The highest BCUT2D eigenvalue weighted by Crippen LogP contribution is 2.14. The van der Waals surface area contributed by atoms with Gasteiger partial charge in [-0.3, -0.25) is 4.79 Å². The molecule has 0 aliphatic carbocycles. The third-order valence-electron chi connectivity index (χ3n) is 2.78. The molecular formula is C12H18N4O3. The van der Waals surface area contributed by atoms with Crippen molar-refractivity contribution in [2.45, 2.75) is 6.92 Å². The molecule has 0 unspecified atom stereocenters. The van der Waals surface area contributed by atoms with Crippen LogP contribution in [0.3, 0.4) is 0 Å². The molecule has 0 saturated carbocycles. The maximum Gasteiger partial charge on any atom is 0.325 e. The van der Waals surface area contributed by atoms with Crippen molar-refractivity contribution >= 4 is 17.7 Å². The topological polar surface area (TPSA) is 76.6 Å². The number of carbonyl (C=O) groups excluding carboxylic acids is 1. The quantitative estimate of drug-likeness (QED) is 0.780. The third kappa shape index (κ3) is 3.78. The molecule has 1 aliphatic heterocycles. The number of rotatable bonds is 4. The van der Waals surface area contributed by atoms with Crippen LogP contribution in [0.25, 0.3) is 0 Å². The minimum atomic E-state index is -0.329. The van der Waals surface area contributed by atoms with Crippen LogP contribution in [0, 0.1) is 6.92 Å². The van der Waals surface area contributed by atoms with E-state index in [0.717, 1.165) is 18.8 Å². The van der Waals surface area contributed by atoms with E-state index in [0.29, 0.717) is 25.0 Å². The van der Waals surface area contributed by atoms with Gasteiger partial charge in [-0.15, -0.1) is 0 Å². The molecule has 19 heavy (non-hydrogen) atoms. The Bertz CT molecular complexity index is 447. The van der Waals surface area contributed by atoms with Crippen molar-refractivity contribution in [3.63, 3.8) is 0 Å². The zero-order valence-corrected chi connectivity index (χ0v) is 11.2. The van der Waals surface area contributed by atoms with Crippen molar-refractivity contribution in [2.24, 2.45) is 0 Å². The van der Waals surface area contributed by atoms with E-state index in [1.54, 1.807) is 6.07 Å². The number of carbonyl (C=O) groups is 1. The van der Waals surface area contributed by atoms with Crippen molar-refractivity contribution in [1.29, 1.82) is 0 Å². The summed E-state index contributed by atoms with van der Waals surface area (Å²) in [4.78, 5) is 22.0. The summed E-state index contributed by atoms with van der Waals surface area (Å²) in [5, 5.41) is 2.93. The maximum atomic E-state index is 11.1. The summed E-state index contributed by atoms with van der Waals surface area (Å²) in [5.41, 5.74) is 0.851. The zero-order valence-electron chi connectivity index (χ0n) is 11.2. The molecule has 0 spiro atoms. The number of hydrogen-bond acceptors (Lipinski definition) is 7. The van der Waals surface area contributed by atoms with Crippen LogP contribution < -0.4 is 10.2 Å². The Labute approximate surface area is 111 Å². The second-order valence-electron chi connectivity index (χ2n) is 4.22. The Hall–Kier alpha value is -1.89. The first kappa shape index (κ1) is 13.5. The Morgan fingerprint density at radius 2 is 2.21 bits per heavy atom. The molecule has 1 aromatic heterocycles. The van der Waals surface area contributed by atoms with Crippen LogP contribution in [0.2, 0.25) is 0 Å². The highest BCUT2D eigenvalue weighted by atomic mass is 16.5. The summed E-state index contributed by atoms with van der Waals surface area (Å²) in [5.74, 6) is 0.958. The summed E-state index contributed by atoms with van der Waals surface area (Å²) in [7, 11) is 1.36. The summed E-state index contributed by atoms with van der Waals surface area (Å²) < 4.78 is 9.88. The van der Waals surface area contributed by atoms with Crippen molar-refractivity contribution in [3.8, 4) is 0 Å². The summed E-state index contributed by atoms with van der Waals surface area (Å²) in [6.07, 6.45) is 0. The lowest BCUT2D eigenvalue weighted by molar-refractivity contribution is -0.138. The normalized spacial score (nSPS) is 15.2. The predicted octanol–water partition coefficient (Wildman–Crippen LogP) is 0.207. The molecule has 2 rings (SSSR count). The summed E-state index contributed by atoms with van der Waals surface area (Å²) in [6.45, 7) is 4.91. The Morgan fingerprint density at radius 1 is 1.47 bits per heavy atom. The molecule has 0 aromatic carbocycles. The lowest BCUT2D eigenvalue weighted by atomic mass is 10.4. The molecule has 7 heteroatoms. The van der Waals surface area contributed by atoms with Gasteiger partial charge in [-0.05, 0) is 6.92 Å². The SMILES string of the molecule is COC(=O)CNc1cc(C)nc(N2CCOCC2)n1. The van der Waals surface area contributed by atoms with Crippen molar-refractivity contribution in [1.82, 2.24) is 9.97 Å². The minimum Gasteiger partial charge on any atom is -0.468 e. The largest absolute Gasteiger partial charge is 0.468 e. The Morgan fingerprint density at radius 3 is 2.89 bits per heavy atom. The van der Waals surface area contributed by atoms with Gasteiger partial charge in [-0.1, -0.05) is 0 Å². The van der Waals surface area contributed by atoms with E-state index >= 15 is 0 Å². The molecule has 0 radical (unpaired) electrons. The van der Waals surface area contributed by atoms with Crippen LogP contribution in [-0.4, -0.2) is 55.9 Å². The first-order valence-corrected chi connectivity index (χ1v) is 6.18. The van der Waals surface area contributed by atoms with Crippen LogP contribution >= 0.6 is 0 Å². The summed E-state index contributed by atoms with van der Waals surface area (Å²) >= 11 is 0. The van der Waals surface area contributed by atoms with Gasteiger partial charge in [0, 0.05) is 24.8 Å². The number of hydrogen-bond donors (Lipinski definition) is 1. The molecule has 0 bridgehead atoms. The second-order valence-corrected chi connectivity index (χ2v) is 4.22. The van der Waals surface area contributed by atoms with Gasteiger partial charge in [-0.2, -0.15) is 4.98 Å². The van der Waals surface area contributed by atoms with E-state index in [2.05, 4.69) is 24.9 Å². The molecule has 1 N–H and O–H groups in total. The first-order valence-electron chi connectivity index (χ1n) is 6.18. The standard InChI is InChI=1S/C12H18N4O3/c1-9-7-10(13-8-11(17)18-2)15-12(14-9)16-3-5-19-6-4-16/h7H,3-6,8H2,1-2H3,(H,13,14,15). The number of methoxy groups -OCH3 is 1. The molecule has 2 heterocycles. The van der Waals surface area contributed by atoms with Crippen LogP contribution in [0.4, 0.5) is 11.8 Å². The van der Waals surface area contributed by atoms with Gasteiger partial charge in [0.05, 0.1) is 20.3 Å². The molecule has 7 nitrogen and oxygen atoms in total. The fourth-order valence-corrected chi connectivity index (χ4v) is 1.78. The molecule has 104 valence electrons. The summed E-state index contributed by atoms with van der Waals surface area (Å²) in [6, 6.07) is 1.80. The number of esters is 1. The fraction of sp³-hybridized carbons (Fsp3) is 0.583. The van der Waals surface area contributed by atoms with Gasteiger partial charge in [0.2, 0.25) is 5.95 Å². The van der Waals surface area contributed by atoms with E-state index in [1.807, 2.05) is 6.92 Å². The van der Waals surface area contributed by atoms with Crippen molar-refractivity contribution < 1.29 is 14.3 Å². The number of morpholine rings is 1. The van der Waals surface area contributed by atoms with Crippen molar-refractivity contribution in [2.75, 3.05) is 50.2 Å². The number of anilines is 2. The lowest BCUT2D eigenvalue weighted by Crippen LogP contribution is -2.37. The lowest BCUT2D eigenvalue weighted by Gasteiger charge is -2.27. The molecule has 0 amide bonds. The highest BCUT2D eigenvalue weighted by molar-refractivity contribution is 5.74. The van der Waals surface area contributed by atoms with E-state index in [4.69, 9.17) is 4.74 Å². The molecule has 0 atom stereocenters. The van der Waals surface area contributed by atoms with Crippen LogP contribution in [-0.2, 0) is 14.3 Å². The van der Waals surface area contributed by atoms with E-state index in [9.17, 15) is 4.79 Å². The van der Waals surface area contributed by atoms with E-state index in [-0.39, 0.29) is 12.5 Å². The number of aromatic nitrogens is 2. The van der Waals surface area contributed by atoms with Crippen LogP contribution in [0.1, 0.15) is 5.69 Å². The minimum absolute atomic E-state index is 0.0928. The van der Waals surface area contributed by atoms with Gasteiger partial charge in [0.15, 0.2) is 0 Å². The molecular weight excluding hydrogens is 248 g/mol. The smallest absolute Gasteiger partial charge is 0.325 e. The van der Waals surface area contributed by atoms with Crippen molar-refractivity contribution in [3.05, 3.63) is 11.8 Å². The third-order valence-corrected chi connectivity index (χ3v) is 2.78. The van der Waals surface area contributed by atoms with Crippen LogP contribution in [0.5, 0.6) is 0 Å². The first-order chi connectivity index (χ1) is 9.19. The van der Waals surface area contributed by atoms with Gasteiger partial charge < -0.3 is 19.7 Å². The molecule has 1 fully saturated rings. The zero-order chi connectivity index (χ0) is 13.7. The maximum absolute atomic E-state index is 11.1. The Balaban J connectivity index is 2.07. The average Bonchev–Trinajstić information content (AvgIpc) is 2.45. The average molecular weight is 266 g/mol. The number of nitrogens with zero attached hydrogens (tertiary/aromatic N) is 3. The van der Waals surface area contributed by atoms with Crippen LogP contribution in [0.15, 0.2) is 6.07 Å². The number of nitrogens with one attached hydrogen (secondary N) is 1. The monoisotopic (exact) mass is 266 g/mol. The van der Waals surface area contributed by atoms with E-state index < -0.39 is 0 Å². The highest BCUT2D eigenvalue weighted by Gasteiger charge is 2.15. The fourth-order valence-electron chi connectivity index (χ4n) is 1.78. The predicted molar refractivity (Wildman–Crippen MR) is 70.3 cm³/mol. The van der Waals surface area contributed by atoms with Gasteiger partial charge in [0.25, 0.3) is 0 Å². The Kier molecular flexibility index (Phi) is 4.51. The van der Waals surface area contributed by atoms with Gasteiger partial charge >= 0.3 is 5.97 Å². The number of aryl methyl sites for hydroxylation is 1. The molecule has 1 aliphatic rings. The molecule has 1 saturated heterocycles.